The third-order valence-electron chi connectivity index (χ3n) is 3.29. The third kappa shape index (κ3) is 5.89. The highest BCUT2D eigenvalue weighted by atomic mass is 16.3. The average Bonchev–Trinajstić information content (AvgIpc) is 2.80. The second-order valence-corrected chi connectivity index (χ2v) is 4.98. The molecule has 0 amide bonds. The maximum Gasteiger partial charge on any atom is 0.117 e. The van der Waals surface area contributed by atoms with Crippen LogP contribution in [0.5, 0.6) is 0 Å². The summed E-state index contributed by atoms with van der Waals surface area (Å²) in [5, 5.41) is 3.40. The molecule has 17 heavy (non-hydrogen) atoms. The van der Waals surface area contributed by atoms with Gasteiger partial charge in [-0.3, -0.25) is 0 Å². The standard InChI is InChI=1S/C14H26N2O/c1-12(2)13(7-8-15)5-3-9-16-11-14-6-4-10-17-14/h4,6,10,12-13,16H,3,5,7-9,11,15H2,1-2H3. The van der Waals surface area contributed by atoms with Gasteiger partial charge in [-0.1, -0.05) is 13.8 Å². The van der Waals surface area contributed by atoms with Crippen molar-refractivity contribution in [2.24, 2.45) is 17.6 Å². The van der Waals surface area contributed by atoms with E-state index in [1.165, 1.54) is 12.8 Å². The summed E-state index contributed by atoms with van der Waals surface area (Å²) in [4.78, 5) is 0. The first-order valence-corrected chi connectivity index (χ1v) is 6.67. The van der Waals surface area contributed by atoms with Crippen LogP contribution in [-0.4, -0.2) is 13.1 Å². The molecule has 0 spiro atoms. The first-order chi connectivity index (χ1) is 8.24. The highest BCUT2D eigenvalue weighted by Gasteiger charge is 2.11. The van der Waals surface area contributed by atoms with Crippen molar-refractivity contribution in [2.75, 3.05) is 13.1 Å². The van der Waals surface area contributed by atoms with Gasteiger partial charge in [0.15, 0.2) is 0 Å². The van der Waals surface area contributed by atoms with Gasteiger partial charge in [0.1, 0.15) is 5.76 Å². The molecule has 3 heteroatoms. The minimum atomic E-state index is 0.739. The number of hydrogen-bond acceptors (Lipinski definition) is 3. The molecule has 98 valence electrons. The Bertz CT molecular complexity index is 270. The molecular weight excluding hydrogens is 212 g/mol. The zero-order chi connectivity index (χ0) is 12.5. The van der Waals surface area contributed by atoms with Gasteiger partial charge in [-0.25, -0.2) is 0 Å². The molecule has 0 saturated carbocycles. The second kappa shape index (κ2) is 8.31. The smallest absolute Gasteiger partial charge is 0.117 e. The number of nitrogens with one attached hydrogen (secondary N) is 1. The van der Waals surface area contributed by atoms with E-state index in [9.17, 15) is 0 Å². The predicted octanol–water partition coefficient (Wildman–Crippen LogP) is 2.77. The summed E-state index contributed by atoms with van der Waals surface area (Å²) in [7, 11) is 0. The topological polar surface area (TPSA) is 51.2 Å². The van der Waals surface area contributed by atoms with Gasteiger partial charge >= 0.3 is 0 Å². The van der Waals surface area contributed by atoms with Crippen LogP contribution >= 0.6 is 0 Å². The molecule has 0 aliphatic carbocycles. The van der Waals surface area contributed by atoms with Crippen LogP contribution < -0.4 is 11.1 Å². The van der Waals surface area contributed by atoms with Crippen LogP contribution in [0.25, 0.3) is 0 Å². The molecule has 1 aromatic heterocycles. The molecule has 0 bridgehead atoms. The average molecular weight is 238 g/mol. The third-order valence-corrected chi connectivity index (χ3v) is 3.29. The first-order valence-electron chi connectivity index (χ1n) is 6.67. The number of nitrogens with two attached hydrogens (primary N) is 1. The van der Waals surface area contributed by atoms with Crippen LogP contribution in [0.1, 0.15) is 38.9 Å². The normalized spacial score (nSPS) is 13.2. The molecule has 1 unspecified atom stereocenters. The first kappa shape index (κ1) is 14.3. The van der Waals surface area contributed by atoms with Crippen molar-refractivity contribution in [3.05, 3.63) is 24.2 Å². The van der Waals surface area contributed by atoms with Gasteiger partial charge in [-0.15, -0.1) is 0 Å². The Hall–Kier alpha value is -0.800. The Morgan fingerprint density at radius 1 is 1.35 bits per heavy atom. The minimum absolute atomic E-state index is 0.739. The van der Waals surface area contributed by atoms with Crippen molar-refractivity contribution in [3.8, 4) is 0 Å². The molecule has 1 atom stereocenters. The van der Waals surface area contributed by atoms with Gasteiger partial charge in [0.25, 0.3) is 0 Å². The van der Waals surface area contributed by atoms with Gasteiger partial charge in [0.05, 0.1) is 12.8 Å². The molecule has 0 saturated heterocycles. The van der Waals surface area contributed by atoms with E-state index in [4.69, 9.17) is 10.2 Å². The summed E-state index contributed by atoms with van der Waals surface area (Å²) in [5.41, 5.74) is 5.63. The van der Waals surface area contributed by atoms with Crippen LogP contribution in [-0.2, 0) is 6.54 Å². The quantitative estimate of drug-likeness (QED) is 0.650. The Morgan fingerprint density at radius 3 is 2.76 bits per heavy atom. The summed E-state index contributed by atoms with van der Waals surface area (Å²) in [6, 6.07) is 3.92. The summed E-state index contributed by atoms with van der Waals surface area (Å²) in [6.07, 6.45) is 5.34. The lowest BCUT2D eigenvalue weighted by Gasteiger charge is -2.19. The van der Waals surface area contributed by atoms with E-state index in [2.05, 4.69) is 19.2 Å². The summed E-state index contributed by atoms with van der Waals surface area (Å²) in [6.45, 7) is 7.26. The second-order valence-electron chi connectivity index (χ2n) is 4.98. The Kier molecular flexibility index (Phi) is 6.97. The van der Waals surface area contributed by atoms with Crippen molar-refractivity contribution < 1.29 is 4.42 Å². The molecule has 0 aliphatic rings. The summed E-state index contributed by atoms with van der Waals surface area (Å²) < 4.78 is 5.26. The Labute approximate surface area is 105 Å². The predicted molar refractivity (Wildman–Crippen MR) is 71.6 cm³/mol. The molecule has 0 aromatic carbocycles. The molecule has 1 heterocycles. The number of hydrogen-bond donors (Lipinski definition) is 2. The molecule has 3 nitrogen and oxygen atoms in total. The highest BCUT2D eigenvalue weighted by molar-refractivity contribution is 4.97. The summed E-state index contributed by atoms with van der Waals surface area (Å²) >= 11 is 0. The van der Waals surface area contributed by atoms with Crippen LogP contribution in [0.15, 0.2) is 22.8 Å². The molecule has 0 fully saturated rings. The maximum absolute atomic E-state index is 5.63. The van der Waals surface area contributed by atoms with Crippen LogP contribution in [0, 0.1) is 11.8 Å². The van der Waals surface area contributed by atoms with E-state index in [1.807, 2.05) is 12.1 Å². The van der Waals surface area contributed by atoms with Gasteiger partial charge in [0, 0.05) is 0 Å². The fraction of sp³-hybridized carbons (Fsp3) is 0.714. The molecular formula is C14H26N2O. The van der Waals surface area contributed by atoms with Crippen LogP contribution in [0.3, 0.4) is 0 Å². The van der Waals surface area contributed by atoms with Gasteiger partial charge in [0.2, 0.25) is 0 Å². The minimum Gasteiger partial charge on any atom is -0.468 e. The van der Waals surface area contributed by atoms with Crippen molar-refractivity contribution in [2.45, 2.75) is 39.7 Å². The zero-order valence-corrected chi connectivity index (χ0v) is 11.1. The van der Waals surface area contributed by atoms with Crippen LogP contribution in [0.2, 0.25) is 0 Å². The van der Waals surface area contributed by atoms with E-state index in [0.717, 1.165) is 43.7 Å². The van der Waals surface area contributed by atoms with E-state index in [1.54, 1.807) is 6.26 Å². The van der Waals surface area contributed by atoms with Gasteiger partial charge in [-0.2, -0.15) is 0 Å². The fourth-order valence-corrected chi connectivity index (χ4v) is 2.14. The zero-order valence-electron chi connectivity index (χ0n) is 11.1. The molecule has 1 rings (SSSR count). The molecule has 1 aromatic rings. The van der Waals surface area contributed by atoms with Crippen molar-refractivity contribution >= 4 is 0 Å². The maximum atomic E-state index is 5.63. The lowest BCUT2D eigenvalue weighted by molar-refractivity contribution is 0.330. The Morgan fingerprint density at radius 2 is 2.18 bits per heavy atom. The lowest BCUT2D eigenvalue weighted by atomic mass is 9.88. The number of rotatable bonds is 9. The van der Waals surface area contributed by atoms with E-state index >= 15 is 0 Å². The van der Waals surface area contributed by atoms with Crippen molar-refractivity contribution in [3.63, 3.8) is 0 Å². The van der Waals surface area contributed by atoms with E-state index in [-0.39, 0.29) is 0 Å². The van der Waals surface area contributed by atoms with E-state index < -0.39 is 0 Å². The highest BCUT2D eigenvalue weighted by Crippen LogP contribution is 2.19. The summed E-state index contributed by atoms with van der Waals surface area (Å²) in [5.74, 6) is 2.52. The van der Waals surface area contributed by atoms with Crippen molar-refractivity contribution in [1.29, 1.82) is 0 Å². The molecule has 0 radical (unpaired) electrons. The van der Waals surface area contributed by atoms with Crippen LogP contribution in [0.4, 0.5) is 0 Å². The molecule has 0 aliphatic heterocycles. The SMILES string of the molecule is CC(C)C(CCN)CCCNCc1ccco1. The molecule has 3 N–H and O–H groups in total. The monoisotopic (exact) mass is 238 g/mol. The fourth-order valence-electron chi connectivity index (χ4n) is 2.14. The van der Waals surface area contributed by atoms with Gasteiger partial charge in [-0.05, 0) is 56.3 Å². The Balaban J connectivity index is 2.06. The number of furan rings is 1. The van der Waals surface area contributed by atoms with Gasteiger partial charge < -0.3 is 15.5 Å². The van der Waals surface area contributed by atoms with Crippen molar-refractivity contribution in [1.82, 2.24) is 5.32 Å². The largest absolute Gasteiger partial charge is 0.468 e. The van der Waals surface area contributed by atoms with E-state index in [0.29, 0.717) is 0 Å². The lowest BCUT2D eigenvalue weighted by Crippen LogP contribution is -2.18.